The molecule has 1 amide bonds. The van der Waals surface area contributed by atoms with Crippen LogP contribution in [0.3, 0.4) is 0 Å². The molecule has 0 aliphatic rings. The second kappa shape index (κ2) is 9.69. The SMILES string of the molecule is CNC(=O)c1cc(Nc2nnc(-c3ccc(C)c(S(=O)(=O)NC)c3)c3ccccc23)ccc1OC. The van der Waals surface area contributed by atoms with Crippen molar-refractivity contribution in [1.82, 2.24) is 20.2 Å². The highest BCUT2D eigenvalue weighted by Gasteiger charge is 2.18. The van der Waals surface area contributed by atoms with Crippen molar-refractivity contribution < 1.29 is 17.9 Å². The number of nitrogens with zero attached hydrogens (tertiary/aromatic N) is 2. The molecule has 35 heavy (non-hydrogen) atoms. The van der Waals surface area contributed by atoms with E-state index < -0.39 is 10.0 Å². The van der Waals surface area contributed by atoms with Crippen LogP contribution in [0.5, 0.6) is 5.75 Å². The Bertz CT molecular complexity index is 1540. The maximum Gasteiger partial charge on any atom is 0.254 e. The average molecular weight is 492 g/mol. The molecule has 0 spiro atoms. The Kier molecular flexibility index (Phi) is 6.68. The van der Waals surface area contributed by atoms with E-state index in [1.165, 1.54) is 14.2 Å². The maximum atomic E-state index is 12.5. The van der Waals surface area contributed by atoms with E-state index in [-0.39, 0.29) is 10.8 Å². The van der Waals surface area contributed by atoms with E-state index in [1.807, 2.05) is 30.3 Å². The summed E-state index contributed by atoms with van der Waals surface area (Å²) in [6.07, 6.45) is 0. The number of hydrogen-bond acceptors (Lipinski definition) is 7. The number of amides is 1. The van der Waals surface area contributed by atoms with E-state index in [9.17, 15) is 13.2 Å². The smallest absolute Gasteiger partial charge is 0.254 e. The Morgan fingerprint density at radius 3 is 2.37 bits per heavy atom. The minimum atomic E-state index is -3.63. The van der Waals surface area contributed by atoms with Crippen LogP contribution in [0.2, 0.25) is 0 Å². The van der Waals surface area contributed by atoms with Crippen molar-refractivity contribution in [2.45, 2.75) is 11.8 Å². The molecule has 0 aliphatic heterocycles. The lowest BCUT2D eigenvalue weighted by atomic mass is 10.0. The minimum Gasteiger partial charge on any atom is -0.496 e. The van der Waals surface area contributed by atoms with E-state index >= 15 is 0 Å². The van der Waals surface area contributed by atoms with Gasteiger partial charge in [0.2, 0.25) is 10.0 Å². The Labute approximate surface area is 203 Å². The fourth-order valence-corrected chi connectivity index (χ4v) is 4.78. The van der Waals surface area contributed by atoms with Gasteiger partial charge in [0.05, 0.1) is 17.6 Å². The summed E-state index contributed by atoms with van der Waals surface area (Å²) in [7, 11) is 0.805. The monoisotopic (exact) mass is 491 g/mol. The van der Waals surface area contributed by atoms with Gasteiger partial charge in [-0.05, 0) is 43.8 Å². The van der Waals surface area contributed by atoms with Gasteiger partial charge in [-0.25, -0.2) is 13.1 Å². The topological polar surface area (TPSA) is 122 Å². The molecule has 1 aromatic heterocycles. The largest absolute Gasteiger partial charge is 0.496 e. The number of sulfonamides is 1. The molecule has 0 saturated heterocycles. The number of fused-ring (bicyclic) bond motifs is 1. The molecule has 0 atom stereocenters. The molecule has 4 aromatic rings. The number of ether oxygens (including phenoxy) is 1. The third-order valence-electron chi connectivity index (χ3n) is 5.64. The Morgan fingerprint density at radius 2 is 1.69 bits per heavy atom. The highest BCUT2D eigenvalue weighted by Crippen LogP contribution is 2.33. The average Bonchev–Trinajstić information content (AvgIpc) is 2.88. The minimum absolute atomic E-state index is 0.186. The highest BCUT2D eigenvalue weighted by molar-refractivity contribution is 7.89. The van der Waals surface area contributed by atoms with E-state index in [4.69, 9.17) is 4.74 Å². The van der Waals surface area contributed by atoms with Gasteiger partial charge in [0, 0.05) is 29.1 Å². The van der Waals surface area contributed by atoms with Crippen molar-refractivity contribution in [3.05, 3.63) is 71.8 Å². The first kappa shape index (κ1) is 24.1. The summed E-state index contributed by atoms with van der Waals surface area (Å²) in [6.45, 7) is 1.74. The Balaban J connectivity index is 1.81. The maximum absolute atomic E-state index is 12.5. The molecule has 0 fully saturated rings. The molecule has 0 saturated carbocycles. The van der Waals surface area contributed by atoms with Crippen molar-refractivity contribution >= 4 is 38.2 Å². The number of anilines is 2. The molecule has 4 rings (SSSR count). The number of aryl methyl sites for hydroxylation is 1. The number of rotatable bonds is 7. The van der Waals surface area contributed by atoms with Gasteiger partial charge in [-0.2, -0.15) is 0 Å². The molecule has 0 radical (unpaired) electrons. The number of benzene rings is 3. The lowest BCUT2D eigenvalue weighted by Crippen LogP contribution is -2.19. The predicted molar refractivity (Wildman–Crippen MR) is 136 cm³/mol. The standard InChI is InChI=1S/C25H25N5O4S/c1-15-9-10-16(13-22(15)35(32,33)27-3)23-18-7-5-6-8-19(18)24(30-29-23)28-17-11-12-21(34-4)20(14-17)25(31)26-2/h5-14,27H,1-4H3,(H,26,31)(H,28,30). The Hall–Kier alpha value is -4.02. The molecular weight excluding hydrogens is 466 g/mol. The zero-order valence-corrected chi connectivity index (χ0v) is 20.5. The van der Waals surface area contributed by atoms with E-state index in [0.29, 0.717) is 39.6 Å². The number of methoxy groups -OCH3 is 1. The van der Waals surface area contributed by atoms with Gasteiger partial charge in [0.1, 0.15) is 11.4 Å². The van der Waals surface area contributed by atoms with Crippen LogP contribution < -0.4 is 20.1 Å². The van der Waals surface area contributed by atoms with Crippen molar-refractivity contribution in [3.8, 4) is 17.0 Å². The van der Waals surface area contributed by atoms with Crippen molar-refractivity contribution in [3.63, 3.8) is 0 Å². The molecule has 1 heterocycles. The molecule has 10 heteroatoms. The summed E-state index contributed by atoms with van der Waals surface area (Å²) < 4.78 is 32.6. The molecule has 180 valence electrons. The third-order valence-corrected chi connectivity index (χ3v) is 7.20. The fourth-order valence-electron chi connectivity index (χ4n) is 3.79. The number of aromatic nitrogens is 2. The molecule has 0 unspecified atom stereocenters. The summed E-state index contributed by atoms with van der Waals surface area (Å²) in [5.74, 6) is 0.670. The van der Waals surface area contributed by atoms with Crippen LogP contribution >= 0.6 is 0 Å². The molecule has 0 aliphatic carbocycles. The number of nitrogens with one attached hydrogen (secondary N) is 3. The van der Waals surface area contributed by atoms with Crippen LogP contribution in [-0.4, -0.2) is 45.7 Å². The van der Waals surface area contributed by atoms with Crippen molar-refractivity contribution in [1.29, 1.82) is 0 Å². The van der Waals surface area contributed by atoms with Gasteiger partial charge < -0.3 is 15.4 Å². The van der Waals surface area contributed by atoms with Gasteiger partial charge in [0.15, 0.2) is 5.82 Å². The van der Waals surface area contributed by atoms with Gasteiger partial charge in [-0.15, -0.1) is 10.2 Å². The van der Waals surface area contributed by atoms with Crippen LogP contribution in [0.1, 0.15) is 15.9 Å². The van der Waals surface area contributed by atoms with Gasteiger partial charge >= 0.3 is 0 Å². The second-order valence-corrected chi connectivity index (χ2v) is 9.60. The lowest BCUT2D eigenvalue weighted by Gasteiger charge is -2.14. The van der Waals surface area contributed by atoms with E-state index in [2.05, 4.69) is 25.6 Å². The Morgan fingerprint density at radius 1 is 0.943 bits per heavy atom. The summed E-state index contributed by atoms with van der Waals surface area (Å²) in [5, 5.41) is 16.2. The third kappa shape index (κ3) is 4.66. The van der Waals surface area contributed by atoms with Crippen LogP contribution in [0.15, 0.2) is 65.6 Å². The zero-order chi connectivity index (χ0) is 25.2. The number of carbonyl (C=O) groups excluding carboxylic acids is 1. The van der Waals surface area contributed by atoms with Crippen molar-refractivity contribution in [2.75, 3.05) is 26.5 Å². The van der Waals surface area contributed by atoms with Gasteiger partial charge in [0.25, 0.3) is 5.91 Å². The fraction of sp³-hybridized carbons (Fsp3) is 0.160. The lowest BCUT2D eigenvalue weighted by molar-refractivity contribution is 0.0960. The summed E-state index contributed by atoms with van der Waals surface area (Å²) >= 11 is 0. The van der Waals surface area contributed by atoms with Crippen LogP contribution in [0.4, 0.5) is 11.5 Å². The summed E-state index contributed by atoms with van der Waals surface area (Å²) in [6, 6.07) is 17.9. The summed E-state index contributed by atoms with van der Waals surface area (Å²) in [4.78, 5) is 12.4. The summed E-state index contributed by atoms with van der Waals surface area (Å²) in [5.41, 5.74) is 2.83. The second-order valence-electron chi connectivity index (χ2n) is 7.75. The van der Waals surface area contributed by atoms with Crippen molar-refractivity contribution in [2.24, 2.45) is 0 Å². The zero-order valence-electron chi connectivity index (χ0n) is 19.7. The van der Waals surface area contributed by atoms with E-state index in [0.717, 1.165) is 10.8 Å². The molecular formula is C25H25N5O4S. The van der Waals surface area contributed by atoms with Crippen LogP contribution in [-0.2, 0) is 10.0 Å². The molecule has 9 nitrogen and oxygen atoms in total. The van der Waals surface area contributed by atoms with Crippen LogP contribution in [0.25, 0.3) is 22.0 Å². The van der Waals surface area contributed by atoms with E-state index in [1.54, 1.807) is 44.3 Å². The van der Waals surface area contributed by atoms with Gasteiger partial charge in [-0.1, -0.05) is 36.4 Å². The molecule has 0 bridgehead atoms. The van der Waals surface area contributed by atoms with Gasteiger partial charge in [-0.3, -0.25) is 4.79 Å². The normalized spacial score (nSPS) is 11.3. The predicted octanol–water partition coefficient (Wildman–Crippen LogP) is 3.63. The molecule has 3 N–H and O–H groups in total. The first-order valence-electron chi connectivity index (χ1n) is 10.8. The first-order valence-corrected chi connectivity index (χ1v) is 12.2. The molecule has 3 aromatic carbocycles. The quantitative estimate of drug-likeness (QED) is 0.361. The first-order chi connectivity index (χ1) is 16.8. The number of carbonyl (C=O) groups is 1. The number of hydrogen-bond donors (Lipinski definition) is 3. The van der Waals surface area contributed by atoms with Crippen LogP contribution in [0, 0.1) is 6.92 Å². The highest BCUT2D eigenvalue weighted by atomic mass is 32.2.